The Hall–Kier alpha value is -2.45. The number of hydrogen-bond acceptors (Lipinski definition) is 4. The van der Waals surface area contributed by atoms with E-state index in [2.05, 4.69) is 9.80 Å². The maximum atomic E-state index is 13.3. The molecular formula is C24H28F3N3O2. The fourth-order valence-electron chi connectivity index (χ4n) is 5.14. The van der Waals surface area contributed by atoms with Crippen LogP contribution in [-0.4, -0.2) is 47.4 Å². The van der Waals surface area contributed by atoms with Crippen molar-refractivity contribution in [1.82, 2.24) is 9.80 Å². The van der Waals surface area contributed by atoms with E-state index < -0.39 is 11.7 Å². The van der Waals surface area contributed by atoms with Crippen LogP contribution in [0.5, 0.6) is 0 Å². The molecule has 2 aliphatic rings. The lowest BCUT2D eigenvalue weighted by atomic mass is 9.87. The van der Waals surface area contributed by atoms with Gasteiger partial charge in [-0.2, -0.15) is 13.2 Å². The number of para-hydroxylation sites is 1. The molecule has 2 aromatic carbocycles. The fourth-order valence-corrected chi connectivity index (χ4v) is 5.14. The topological polar surface area (TPSA) is 49.6 Å². The number of likely N-dealkylation sites (tertiary alicyclic amines) is 2. The van der Waals surface area contributed by atoms with Gasteiger partial charge in [-0.05, 0) is 43.5 Å². The molecule has 0 radical (unpaired) electrons. The van der Waals surface area contributed by atoms with Crippen LogP contribution in [0.3, 0.4) is 0 Å². The average Bonchev–Trinajstić information content (AvgIpc) is 3.16. The monoisotopic (exact) mass is 447 g/mol. The first-order chi connectivity index (χ1) is 15.3. The Balaban J connectivity index is 1.57. The van der Waals surface area contributed by atoms with Crippen LogP contribution >= 0.6 is 0 Å². The number of halogens is 3. The minimum absolute atomic E-state index is 0.0398. The summed E-state index contributed by atoms with van der Waals surface area (Å²) in [5, 5.41) is 11.4. The number of nitro groups is 1. The van der Waals surface area contributed by atoms with Gasteiger partial charge in [0.25, 0.3) is 5.69 Å². The molecule has 2 saturated heterocycles. The van der Waals surface area contributed by atoms with Gasteiger partial charge in [0.05, 0.1) is 10.5 Å². The third-order valence-corrected chi connectivity index (χ3v) is 6.68. The molecule has 172 valence electrons. The van der Waals surface area contributed by atoms with Gasteiger partial charge in [0.2, 0.25) is 0 Å². The van der Waals surface area contributed by atoms with Crippen molar-refractivity contribution >= 4 is 5.69 Å². The molecule has 0 spiro atoms. The van der Waals surface area contributed by atoms with Crippen LogP contribution in [0.25, 0.3) is 0 Å². The van der Waals surface area contributed by atoms with E-state index in [1.54, 1.807) is 24.3 Å². The van der Waals surface area contributed by atoms with Crippen LogP contribution in [0.4, 0.5) is 18.9 Å². The lowest BCUT2D eigenvalue weighted by Gasteiger charge is -2.31. The van der Waals surface area contributed by atoms with E-state index in [1.807, 2.05) is 0 Å². The van der Waals surface area contributed by atoms with Crippen LogP contribution in [-0.2, 0) is 12.7 Å². The molecule has 2 atom stereocenters. The predicted octanol–water partition coefficient (Wildman–Crippen LogP) is 5.32. The number of alkyl halides is 3. The third kappa shape index (κ3) is 5.30. The molecule has 2 aromatic rings. The standard InChI is InChI=1S/C24H28F3N3O2/c25-24(26,27)21-9-6-8-18(13-21)22-17-29(14-19-7-2-3-10-23(19)30(31)32)16-20(22)15-28-11-4-1-5-12-28/h2-3,6-10,13,20,22H,1,4-5,11-12,14-17H2/t20-,22-/m0/s1. The summed E-state index contributed by atoms with van der Waals surface area (Å²) in [6.45, 7) is 4.61. The molecule has 8 heteroatoms. The van der Waals surface area contributed by atoms with E-state index in [9.17, 15) is 23.3 Å². The molecule has 0 amide bonds. The number of hydrogen-bond donors (Lipinski definition) is 0. The number of piperidine rings is 1. The quantitative estimate of drug-likeness (QED) is 0.445. The Bertz CT molecular complexity index is 944. The van der Waals surface area contributed by atoms with Crippen LogP contribution in [0.15, 0.2) is 48.5 Å². The second-order valence-electron chi connectivity index (χ2n) is 8.93. The van der Waals surface area contributed by atoms with Crippen molar-refractivity contribution in [3.63, 3.8) is 0 Å². The molecule has 2 heterocycles. The van der Waals surface area contributed by atoms with Gasteiger partial charge >= 0.3 is 6.18 Å². The first kappa shape index (κ1) is 22.7. The van der Waals surface area contributed by atoms with Crippen molar-refractivity contribution in [3.8, 4) is 0 Å². The Morgan fingerprint density at radius 2 is 1.72 bits per heavy atom. The Kier molecular flexibility index (Phi) is 6.81. The minimum Gasteiger partial charge on any atom is -0.303 e. The molecule has 2 aliphatic heterocycles. The Morgan fingerprint density at radius 1 is 0.969 bits per heavy atom. The normalized spacial score (nSPS) is 22.8. The fraction of sp³-hybridized carbons (Fsp3) is 0.500. The molecule has 0 unspecified atom stereocenters. The zero-order valence-electron chi connectivity index (χ0n) is 17.9. The molecule has 32 heavy (non-hydrogen) atoms. The second kappa shape index (κ2) is 9.58. The first-order valence-electron chi connectivity index (χ1n) is 11.2. The van der Waals surface area contributed by atoms with Gasteiger partial charge in [0, 0.05) is 43.7 Å². The summed E-state index contributed by atoms with van der Waals surface area (Å²) in [4.78, 5) is 15.6. The molecule has 5 nitrogen and oxygen atoms in total. The lowest BCUT2D eigenvalue weighted by molar-refractivity contribution is -0.385. The summed E-state index contributed by atoms with van der Waals surface area (Å²) in [7, 11) is 0. The third-order valence-electron chi connectivity index (χ3n) is 6.68. The van der Waals surface area contributed by atoms with E-state index >= 15 is 0 Å². The van der Waals surface area contributed by atoms with Crippen molar-refractivity contribution in [1.29, 1.82) is 0 Å². The smallest absolute Gasteiger partial charge is 0.303 e. The highest BCUT2D eigenvalue weighted by atomic mass is 19.4. The van der Waals surface area contributed by atoms with E-state index in [0.717, 1.165) is 38.5 Å². The summed E-state index contributed by atoms with van der Waals surface area (Å²) >= 11 is 0. The van der Waals surface area contributed by atoms with Crippen molar-refractivity contribution in [2.24, 2.45) is 5.92 Å². The highest BCUT2D eigenvalue weighted by molar-refractivity contribution is 5.40. The van der Waals surface area contributed by atoms with Gasteiger partial charge in [-0.1, -0.05) is 42.8 Å². The van der Waals surface area contributed by atoms with Gasteiger partial charge < -0.3 is 4.90 Å². The van der Waals surface area contributed by atoms with Crippen molar-refractivity contribution in [3.05, 3.63) is 75.3 Å². The summed E-state index contributed by atoms with van der Waals surface area (Å²) in [5.74, 6) is 0.140. The molecule has 2 fully saturated rings. The summed E-state index contributed by atoms with van der Waals surface area (Å²) < 4.78 is 40.0. The molecule has 0 bridgehead atoms. The van der Waals surface area contributed by atoms with Gasteiger partial charge in [0.1, 0.15) is 0 Å². The van der Waals surface area contributed by atoms with Crippen molar-refractivity contribution in [2.45, 2.75) is 37.9 Å². The number of nitro benzene ring substituents is 1. The number of nitrogens with zero attached hydrogens (tertiary/aromatic N) is 3. The van der Waals surface area contributed by atoms with Gasteiger partial charge in [-0.25, -0.2) is 0 Å². The van der Waals surface area contributed by atoms with Gasteiger partial charge in [-0.3, -0.25) is 15.0 Å². The van der Waals surface area contributed by atoms with Crippen molar-refractivity contribution < 1.29 is 18.1 Å². The Morgan fingerprint density at radius 3 is 2.44 bits per heavy atom. The predicted molar refractivity (Wildman–Crippen MR) is 116 cm³/mol. The van der Waals surface area contributed by atoms with Crippen LogP contribution < -0.4 is 0 Å². The van der Waals surface area contributed by atoms with Gasteiger partial charge in [0.15, 0.2) is 0 Å². The molecule has 0 N–H and O–H groups in total. The van der Waals surface area contributed by atoms with E-state index in [0.29, 0.717) is 30.8 Å². The SMILES string of the molecule is O=[N+]([O-])c1ccccc1CN1C[C@H](CN2CCCCC2)[C@H](c2cccc(C(F)(F)F)c2)C1. The molecule has 0 aliphatic carbocycles. The zero-order valence-corrected chi connectivity index (χ0v) is 17.9. The molecular weight excluding hydrogens is 419 g/mol. The second-order valence-corrected chi connectivity index (χ2v) is 8.93. The van der Waals surface area contributed by atoms with Crippen LogP contribution in [0.1, 0.15) is 41.9 Å². The molecule has 0 saturated carbocycles. The van der Waals surface area contributed by atoms with Crippen LogP contribution in [0.2, 0.25) is 0 Å². The highest BCUT2D eigenvalue weighted by Gasteiger charge is 2.37. The largest absolute Gasteiger partial charge is 0.416 e. The van der Waals surface area contributed by atoms with E-state index in [4.69, 9.17) is 0 Å². The highest BCUT2D eigenvalue weighted by Crippen LogP contribution is 2.38. The Labute approximate surface area is 186 Å². The van der Waals surface area contributed by atoms with Crippen molar-refractivity contribution in [2.75, 3.05) is 32.7 Å². The lowest BCUT2D eigenvalue weighted by Crippen LogP contribution is -2.36. The summed E-state index contributed by atoms with van der Waals surface area (Å²) in [6.07, 6.45) is -0.842. The number of benzene rings is 2. The van der Waals surface area contributed by atoms with Crippen LogP contribution in [0, 0.1) is 16.0 Å². The molecule has 0 aromatic heterocycles. The summed E-state index contributed by atoms with van der Waals surface area (Å²) in [6, 6.07) is 12.4. The maximum Gasteiger partial charge on any atom is 0.416 e. The van der Waals surface area contributed by atoms with Gasteiger partial charge in [-0.15, -0.1) is 0 Å². The maximum absolute atomic E-state index is 13.3. The minimum atomic E-state index is -4.37. The molecule has 4 rings (SSSR count). The first-order valence-corrected chi connectivity index (χ1v) is 11.2. The summed E-state index contributed by atoms with van der Waals surface area (Å²) in [5.41, 5.74) is 0.803. The van der Waals surface area contributed by atoms with E-state index in [-0.39, 0.29) is 22.4 Å². The number of rotatable bonds is 6. The van der Waals surface area contributed by atoms with E-state index in [1.165, 1.54) is 24.6 Å². The average molecular weight is 448 g/mol. The zero-order chi connectivity index (χ0) is 22.7.